The Bertz CT molecular complexity index is 633. The first-order valence-electron chi connectivity index (χ1n) is 7.72. The molecule has 0 aliphatic carbocycles. The maximum Gasteiger partial charge on any atom is 0.416 e. The number of ether oxygens (including phenoxy) is 1. The van der Waals surface area contributed by atoms with Crippen molar-refractivity contribution in [3.63, 3.8) is 0 Å². The number of nitrogens with zero attached hydrogens (tertiary/aromatic N) is 2. The molecule has 6 nitrogen and oxygen atoms in total. The summed E-state index contributed by atoms with van der Waals surface area (Å²) in [7, 11) is 4.65. The minimum Gasteiger partial charge on any atom is -0.383 e. The number of amides is 1. The molecule has 1 amide bonds. The molecule has 2 N–H and O–H groups in total. The second kappa shape index (κ2) is 9.95. The van der Waals surface area contributed by atoms with E-state index < -0.39 is 17.6 Å². The van der Waals surface area contributed by atoms with E-state index in [0.29, 0.717) is 19.2 Å². The monoisotopic (exact) mass is 378 g/mol. The molecule has 0 heterocycles. The van der Waals surface area contributed by atoms with Crippen LogP contribution in [-0.2, 0) is 22.3 Å². The third-order valence-corrected chi connectivity index (χ3v) is 3.29. The summed E-state index contributed by atoms with van der Waals surface area (Å²) in [6.07, 6.45) is -4.69. The number of halogens is 4. The summed E-state index contributed by atoms with van der Waals surface area (Å²) in [6.45, 7) is 0.260. The fourth-order valence-electron chi connectivity index (χ4n) is 1.88. The minimum atomic E-state index is -4.69. The van der Waals surface area contributed by atoms with Gasteiger partial charge in [0.1, 0.15) is 5.82 Å². The topological polar surface area (TPSA) is 66.0 Å². The summed E-state index contributed by atoms with van der Waals surface area (Å²) in [6, 6.07) is 2.42. The van der Waals surface area contributed by atoms with Crippen LogP contribution in [-0.4, -0.2) is 57.7 Å². The Morgan fingerprint density at radius 3 is 2.54 bits per heavy atom. The predicted octanol–water partition coefficient (Wildman–Crippen LogP) is 1.61. The highest BCUT2D eigenvalue weighted by molar-refractivity contribution is 5.86. The van der Waals surface area contributed by atoms with Gasteiger partial charge in [-0.05, 0) is 17.7 Å². The average Bonchev–Trinajstić information content (AvgIpc) is 2.56. The zero-order valence-electron chi connectivity index (χ0n) is 14.8. The van der Waals surface area contributed by atoms with E-state index in [0.717, 1.165) is 12.1 Å². The van der Waals surface area contributed by atoms with E-state index in [-0.39, 0.29) is 30.5 Å². The van der Waals surface area contributed by atoms with Gasteiger partial charge in [0, 0.05) is 27.7 Å². The maximum atomic E-state index is 13.2. The third kappa shape index (κ3) is 7.26. The first-order chi connectivity index (χ1) is 12.1. The van der Waals surface area contributed by atoms with Crippen LogP contribution in [0.2, 0.25) is 0 Å². The van der Waals surface area contributed by atoms with Gasteiger partial charge >= 0.3 is 6.18 Å². The normalized spacial score (nSPS) is 12.0. The van der Waals surface area contributed by atoms with Crippen molar-refractivity contribution in [2.75, 3.05) is 40.9 Å². The molecule has 0 fully saturated rings. The lowest BCUT2D eigenvalue weighted by atomic mass is 10.1. The van der Waals surface area contributed by atoms with Crippen molar-refractivity contribution in [1.82, 2.24) is 15.5 Å². The van der Waals surface area contributed by atoms with E-state index in [1.54, 1.807) is 14.1 Å². The zero-order chi connectivity index (χ0) is 19.7. The molecule has 0 aliphatic rings. The Morgan fingerprint density at radius 2 is 1.96 bits per heavy atom. The van der Waals surface area contributed by atoms with Crippen LogP contribution in [0.1, 0.15) is 11.1 Å². The van der Waals surface area contributed by atoms with E-state index >= 15 is 0 Å². The van der Waals surface area contributed by atoms with Crippen LogP contribution in [0.5, 0.6) is 0 Å². The van der Waals surface area contributed by atoms with Crippen molar-refractivity contribution in [2.24, 2.45) is 4.99 Å². The molecule has 0 bridgehead atoms. The molecule has 0 spiro atoms. The van der Waals surface area contributed by atoms with Gasteiger partial charge in [0.2, 0.25) is 5.91 Å². The highest BCUT2D eigenvalue weighted by atomic mass is 19.4. The highest BCUT2D eigenvalue weighted by Crippen LogP contribution is 2.32. The molecule has 1 aromatic rings. The number of guanidine groups is 1. The van der Waals surface area contributed by atoms with Crippen molar-refractivity contribution < 1.29 is 27.1 Å². The molecule has 0 radical (unpaired) electrons. The van der Waals surface area contributed by atoms with Gasteiger partial charge in [0.25, 0.3) is 0 Å². The average molecular weight is 378 g/mol. The van der Waals surface area contributed by atoms with Crippen molar-refractivity contribution in [1.29, 1.82) is 0 Å². The molecule has 10 heteroatoms. The van der Waals surface area contributed by atoms with Crippen molar-refractivity contribution in [3.8, 4) is 0 Å². The zero-order valence-corrected chi connectivity index (χ0v) is 14.8. The summed E-state index contributed by atoms with van der Waals surface area (Å²) in [4.78, 5) is 17.0. The lowest BCUT2D eigenvalue weighted by molar-refractivity contribution is -0.138. The summed E-state index contributed by atoms with van der Waals surface area (Å²) >= 11 is 0. The van der Waals surface area contributed by atoms with E-state index in [1.165, 1.54) is 12.0 Å². The smallest absolute Gasteiger partial charge is 0.383 e. The van der Waals surface area contributed by atoms with Gasteiger partial charge in [-0.15, -0.1) is 0 Å². The number of benzene rings is 1. The Labute approximate surface area is 149 Å². The summed E-state index contributed by atoms with van der Waals surface area (Å²) in [5.74, 6) is -1.06. The third-order valence-electron chi connectivity index (χ3n) is 3.29. The van der Waals surface area contributed by atoms with Crippen molar-refractivity contribution >= 4 is 11.9 Å². The minimum absolute atomic E-state index is 0.0820. The van der Waals surface area contributed by atoms with Crippen molar-refractivity contribution in [2.45, 2.75) is 12.7 Å². The first kappa shape index (κ1) is 21.7. The number of carbonyl (C=O) groups is 1. The molecule has 0 unspecified atom stereocenters. The van der Waals surface area contributed by atoms with Crippen LogP contribution >= 0.6 is 0 Å². The molecular formula is C16H22F4N4O2. The number of likely N-dealkylation sites (N-methyl/N-ethyl adjacent to an activating group) is 1. The van der Waals surface area contributed by atoms with E-state index in [1.807, 2.05) is 0 Å². The largest absolute Gasteiger partial charge is 0.416 e. The van der Waals surface area contributed by atoms with Crippen LogP contribution in [0, 0.1) is 5.82 Å². The SMILES string of the molecule is COCCNC(=NCc1ccc(F)cc1C(F)(F)F)NCC(=O)N(C)C. The van der Waals surface area contributed by atoms with E-state index in [4.69, 9.17) is 4.74 Å². The number of hydrogen-bond donors (Lipinski definition) is 2. The summed E-state index contributed by atoms with van der Waals surface area (Å²) < 4.78 is 57.1. The van der Waals surface area contributed by atoms with Gasteiger partial charge in [-0.1, -0.05) is 6.07 Å². The number of rotatable bonds is 7. The standard InChI is InChI=1S/C16H22F4N4O2/c1-24(2)14(25)10-23-15(21-6-7-26-3)22-9-11-4-5-12(17)8-13(11)16(18,19)20/h4-5,8H,6-7,9-10H2,1-3H3,(H2,21,22,23). The molecule has 146 valence electrons. The fraction of sp³-hybridized carbons (Fsp3) is 0.500. The lowest BCUT2D eigenvalue weighted by Gasteiger charge is -2.16. The van der Waals surface area contributed by atoms with Crippen LogP contribution in [0.15, 0.2) is 23.2 Å². The van der Waals surface area contributed by atoms with Crippen LogP contribution in [0.25, 0.3) is 0 Å². The van der Waals surface area contributed by atoms with Crippen molar-refractivity contribution in [3.05, 3.63) is 35.1 Å². The fourth-order valence-corrected chi connectivity index (χ4v) is 1.88. The Morgan fingerprint density at radius 1 is 1.27 bits per heavy atom. The molecule has 0 aromatic heterocycles. The number of methoxy groups -OCH3 is 1. The molecule has 0 saturated carbocycles. The predicted molar refractivity (Wildman–Crippen MR) is 89.1 cm³/mol. The lowest BCUT2D eigenvalue weighted by Crippen LogP contribution is -2.43. The highest BCUT2D eigenvalue weighted by Gasteiger charge is 2.33. The number of carbonyl (C=O) groups excluding carboxylic acids is 1. The van der Waals surface area contributed by atoms with E-state index in [2.05, 4.69) is 15.6 Å². The first-order valence-corrected chi connectivity index (χ1v) is 7.72. The summed E-state index contributed by atoms with van der Waals surface area (Å²) in [5.41, 5.74) is -1.26. The molecule has 0 saturated heterocycles. The summed E-state index contributed by atoms with van der Waals surface area (Å²) in [5, 5.41) is 5.58. The Kier molecular flexibility index (Phi) is 8.30. The Balaban J connectivity index is 2.93. The number of nitrogens with one attached hydrogen (secondary N) is 2. The molecule has 0 atom stereocenters. The quantitative estimate of drug-likeness (QED) is 0.328. The molecule has 1 rings (SSSR count). The van der Waals surface area contributed by atoms with Crippen LogP contribution in [0.4, 0.5) is 17.6 Å². The molecule has 1 aromatic carbocycles. The maximum absolute atomic E-state index is 13.2. The van der Waals surface area contributed by atoms with Crippen LogP contribution < -0.4 is 10.6 Å². The van der Waals surface area contributed by atoms with Gasteiger partial charge in [0.05, 0.1) is 25.3 Å². The number of alkyl halides is 3. The second-order valence-corrected chi connectivity index (χ2v) is 5.53. The van der Waals surface area contributed by atoms with Gasteiger partial charge in [-0.2, -0.15) is 13.2 Å². The van der Waals surface area contributed by atoms with Gasteiger partial charge in [-0.25, -0.2) is 9.38 Å². The molecular weight excluding hydrogens is 356 g/mol. The molecule has 26 heavy (non-hydrogen) atoms. The Hall–Kier alpha value is -2.36. The molecule has 0 aliphatic heterocycles. The van der Waals surface area contributed by atoms with Gasteiger partial charge in [0.15, 0.2) is 5.96 Å². The number of aliphatic imine (C=N–C) groups is 1. The van der Waals surface area contributed by atoms with Gasteiger partial charge < -0.3 is 20.3 Å². The second-order valence-electron chi connectivity index (χ2n) is 5.53. The van der Waals surface area contributed by atoms with Gasteiger partial charge in [-0.3, -0.25) is 4.79 Å². The van der Waals surface area contributed by atoms with E-state index in [9.17, 15) is 22.4 Å². The number of hydrogen-bond acceptors (Lipinski definition) is 3. The van der Waals surface area contributed by atoms with Crippen LogP contribution in [0.3, 0.4) is 0 Å².